The number of hydrogen-bond donors (Lipinski definition) is 0. The van der Waals surface area contributed by atoms with Crippen LogP contribution >= 0.6 is 27.3 Å². The highest BCUT2D eigenvalue weighted by Gasteiger charge is 2.16. The van der Waals surface area contributed by atoms with Gasteiger partial charge in [0.1, 0.15) is 6.54 Å². The fourth-order valence-corrected chi connectivity index (χ4v) is 4.59. The van der Waals surface area contributed by atoms with Crippen molar-refractivity contribution in [1.82, 2.24) is 4.57 Å². The van der Waals surface area contributed by atoms with Gasteiger partial charge in [0.05, 0.1) is 23.2 Å². The molecule has 4 rings (SSSR count). The molecule has 2 heterocycles. The van der Waals surface area contributed by atoms with Gasteiger partial charge in [-0.3, -0.25) is 9.59 Å². The van der Waals surface area contributed by atoms with Gasteiger partial charge >= 0.3 is 5.97 Å². The summed E-state index contributed by atoms with van der Waals surface area (Å²) < 4.78 is 19.2. The number of halogens is 1. The Morgan fingerprint density at radius 3 is 2.86 bits per heavy atom. The minimum atomic E-state index is -0.375. The highest BCUT2D eigenvalue weighted by Crippen LogP contribution is 2.32. The lowest BCUT2D eigenvalue weighted by molar-refractivity contribution is -0.143. The quantitative estimate of drug-likeness (QED) is 0.527. The summed E-state index contributed by atoms with van der Waals surface area (Å²) in [6, 6.07) is 11.1. The first-order chi connectivity index (χ1) is 14.0. The summed E-state index contributed by atoms with van der Waals surface area (Å²) in [4.78, 5) is 29.4. The van der Waals surface area contributed by atoms with Gasteiger partial charge in [-0.05, 0) is 42.8 Å². The van der Waals surface area contributed by atoms with Crippen LogP contribution in [0.25, 0.3) is 10.2 Å². The summed E-state index contributed by atoms with van der Waals surface area (Å²) in [6.45, 7) is 2.22. The largest absolute Gasteiger partial charge is 0.465 e. The van der Waals surface area contributed by atoms with Crippen molar-refractivity contribution >= 4 is 49.4 Å². The van der Waals surface area contributed by atoms with E-state index in [1.54, 1.807) is 23.6 Å². The van der Waals surface area contributed by atoms with Crippen LogP contribution in [0.1, 0.15) is 12.5 Å². The molecule has 0 N–H and O–H groups in total. The Bertz CT molecular complexity index is 1170. The van der Waals surface area contributed by atoms with Gasteiger partial charge in [-0.2, -0.15) is 4.99 Å². The molecule has 1 aliphatic heterocycles. The van der Waals surface area contributed by atoms with E-state index in [2.05, 4.69) is 20.9 Å². The van der Waals surface area contributed by atoms with E-state index in [-0.39, 0.29) is 31.6 Å². The van der Waals surface area contributed by atoms with Crippen LogP contribution in [0.3, 0.4) is 0 Å². The van der Waals surface area contributed by atoms with Gasteiger partial charge in [-0.25, -0.2) is 0 Å². The van der Waals surface area contributed by atoms with E-state index >= 15 is 0 Å². The maximum atomic E-state index is 12.6. The molecule has 2 aromatic carbocycles. The van der Waals surface area contributed by atoms with Crippen molar-refractivity contribution in [3.63, 3.8) is 0 Å². The molecule has 150 valence electrons. The van der Waals surface area contributed by atoms with Crippen molar-refractivity contribution in [2.45, 2.75) is 19.9 Å². The molecule has 0 spiro atoms. The molecule has 1 aliphatic rings. The van der Waals surface area contributed by atoms with Gasteiger partial charge in [0.15, 0.2) is 16.3 Å². The average Bonchev–Trinajstić information content (AvgIpc) is 3.26. The van der Waals surface area contributed by atoms with Crippen LogP contribution in [0.2, 0.25) is 0 Å². The summed E-state index contributed by atoms with van der Waals surface area (Å²) >= 11 is 4.80. The zero-order valence-electron chi connectivity index (χ0n) is 15.5. The number of nitrogens with zero attached hydrogens (tertiary/aromatic N) is 2. The van der Waals surface area contributed by atoms with Crippen LogP contribution in [0.15, 0.2) is 45.9 Å². The smallest absolute Gasteiger partial charge is 0.326 e. The van der Waals surface area contributed by atoms with Gasteiger partial charge < -0.3 is 18.8 Å². The number of benzene rings is 2. The van der Waals surface area contributed by atoms with Crippen molar-refractivity contribution in [2.24, 2.45) is 4.99 Å². The number of ether oxygens (including phenoxy) is 3. The van der Waals surface area contributed by atoms with E-state index in [0.717, 1.165) is 20.3 Å². The second-order valence-electron chi connectivity index (χ2n) is 6.26. The normalized spacial score (nSPS) is 13.1. The second-order valence-corrected chi connectivity index (χ2v) is 8.18. The van der Waals surface area contributed by atoms with Crippen molar-refractivity contribution in [3.05, 3.63) is 51.2 Å². The van der Waals surface area contributed by atoms with Gasteiger partial charge in [0.2, 0.25) is 6.79 Å². The number of carbonyl (C=O) groups excluding carboxylic acids is 2. The van der Waals surface area contributed by atoms with Crippen molar-refractivity contribution in [2.75, 3.05) is 13.4 Å². The minimum absolute atomic E-state index is 0.00832. The number of aromatic nitrogens is 1. The molecule has 7 nitrogen and oxygen atoms in total. The molecule has 3 aromatic rings. The Morgan fingerprint density at radius 2 is 2.03 bits per heavy atom. The van der Waals surface area contributed by atoms with Crippen molar-refractivity contribution in [3.8, 4) is 11.5 Å². The molecule has 0 fully saturated rings. The summed E-state index contributed by atoms with van der Waals surface area (Å²) in [6.07, 6.45) is 0.119. The van der Waals surface area contributed by atoms with E-state index in [9.17, 15) is 9.59 Å². The first-order valence-corrected chi connectivity index (χ1v) is 10.5. The summed E-state index contributed by atoms with van der Waals surface area (Å²) in [5, 5.41) is 0. The van der Waals surface area contributed by atoms with Crippen LogP contribution in [-0.2, 0) is 27.3 Å². The first kappa shape index (κ1) is 19.7. The highest BCUT2D eigenvalue weighted by atomic mass is 79.9. The number of carbonyl (C=O) groups is 2. The predicted octanol–water partition coefficient (Wildman–Crippen LogP) is 3.43. The zero-order chi connectivity index (χ0) is 20.4. The third-order valence-corrected chi connectivity index (χ3v) is 5.78. The maximum Gasteiger partial charge on any atom is 0.326 e. The number of esters is 1. The molecule has 0 unspecified atom stereocenters. The van der Waals surface area contributed by atoms with Gasteiger partial charge in [0.25, 0.3) is 5.91 Å². The topological polar surface area (TPSA) is 79.1 Å². The number of rotatable bonds is 5. The third kappa shape index (κ3) is 4.35. The molecule has 0 aliphatic carbocycles. The SMILES string of the molecule is CCOC(=O)Cn1c(=NC(=O)Cc2ccc3c(c2)OCO3)sc2cc(Br)ccc21. The second kappa shape index (κ2) is 8.38. The van der Waals surface area contributed by atoms with Crippen LogP contribution in [0.4, 0.5) is 0 Å². The van der Waals surface area contributed by atoms with Crippen LogP contribution in [0, 0.1) is 0 Å². The van der Waals surface area contributed by atoms with Crippen LogP contribution < -0.4 is 14.3 Å². The van der Waals surface area contributed by atoms with E-state index in [4.69, 9.17) is 14.2 Å². The molecular formula is C20H17BrN2O5S. The molecule has 9 heteroatoms. The van der Waals surface area contributed by atoms with E-state index in [1.807, 2.05) is 24.3 Å². The Morgan fingerprint density at radius 1 is 1.21 bits per heavy atom. The number of thiazole rings is 1. The van der Waals surface area contributed by atoms with Crippen LogP contribution in [-0.4, -0.2) is 29.8 Å². The number of hydrogen-bond acceptors (Lipinski definition) is 6. The molecular weight excluding hydrogens is 460 g/mol. The Hall–Kier alpha value is -2.65. The van der Waals surface area contributed by atoms with Gasteiger partial charge in [0, 0.05) is 4.47 Å². The van der Waals surface area contributed by atoms with Crippen LogP contribution in [0.5, 0.6) is 11.5 Å². The Labute approximate surface area is 178 Å². The summed E-state index contributed by atoms with van der Waals surface area (Å²) in [5.41, 5.74) is 1.60. The minimum Gasteiger partial charge on any atom is -0.465 e. The highest BCUT2D eigenvalue weighted by molar-refractivity contribution is 9.10. The lowest BCUT2D eigenvalue weighted by Crippen LogP contribution is -2.23. The average molecular weight is 477 g/mol. The maximum absolute atomic E-state index is 12.6. The third-order valence-electron chi connectivity index (χ3n) is 4.25. The lowest BCUT2D eigenvalue weighted by Gasteiger charge is -2.05. The summed E-state index contributed by atoms with van der Waals surface area (Å²) in [7, 11) is 0. The lowest BCUT2D eigenvalue weighted by atomic mass is 10.1. The van der Waals surface area contributed by atoms with E-state index in [0.29, 0.717) is 22.9 Å². The zero-order valence-corrected chi connectivity index (χ0v) is 17.9. The molecule has 1 aromatic heterocycles. The molecule has 1 amide bonds. The number of fused-ring (bicyclic) bond motifs is 2. The Balaban J connectivity index is 1.66. The van der Waals surface area contributed by atoms with Crippen molar-refractivity contribution < 1.29 is 23.8 Å². The Kier molecular flexibility index (Phi) is 5.68. The molecule has 29 heavy (non-hydrogen) atoms. The molecule has 0 saturated carbocycles. The van der Waals surface area contributed by atoms with Gasteiger partial charge in [-0.1, -0.05) is 33.3 Å². The molecule has 0 bridgehead atoms. The standard InChI is InChI=1S/C20H17BrN2O5S/c1-2-26-19(25)10-23-14-5-4-13(21)9-17(14)29-20(23)22-18(24)8-12-3-6-15-16(7-12)28-11-27-15/h3-7,9H,2,8,10-11H2,1H3. The van der Waals surface area contributed by atoms with E-state index in [1.165, 1.54) is 11.3 Å². The summed E-state index contributed by atoms with van der Waals surface area (Å²) in [5.74, 6) is 0.603. The number of amides is 1. The first-order valence-electron chi connectivity index (χ1n) is 8.94. The van der Waals surface area contributed by atoms with Crippen molar-refractivity contribution in [1.29, 1.82) is 0 Å². The van der Waals surface area contributed by atoms with Gasteiger partial charge in [-0.15, -0.1) is 0 Å². The molecule has 0 saturated heterocycles. The predicted molar refractivity (Wildman–Crippen MR) is 111 cm³/mol. The fourth-order valence-electron chi connectivity index (χ4n) is 2.99. The fraction of sp³-hybridized carbons (Fsp3) is 0.250. The molecule has 0 radical (unpaired) electrons. The monoisotopic (exact) mass is 476 g/mol. The molecule has 0 atom stereocenters. The van der Waals surface area contributed by atoms with E-state index < -0.39 is 0 Å².